The van der Waals surface area contributed by atoms with E-state index in [9.17, 15) is 28.4 Å². The zero-order valence-corrected chi connectivity index (χ0v) is 14.9. The maximum Gasteiger partial charge on any atom is 0.307 e. The van der Waals surface area contributed by atoms with Crippen molar-refractivity contribution in [3.8, 4) is 0 Å². The fourth-order valence-electron chi connectivity index (χ4n) is 2.58. The summed E-state index contributed by atoms with van der Waals surface area (Å²) in [5.41, 5.74) is 0.294. The van der Waals surface area contributed by atoms with Crippen LogP contribution in [0.15, 0.2) is 17.0 Å². The van der Waals surface area contributed by atoms with Gasteiger partial charge in [-0.05, 0) is 37.3 Å². The number of hydrogen-bond donors (Lipinski definition) is 2. The van der Waals surface area contributed by atoms with Gasteiger partial charge < -0.3 is 5.11 Å². The molecule has 0 saturated heterocycles. The quantitative estimate of drug-likeness (QED) is 0.542. The van der Waals surface area contributed by atoms with Gasteiger partial charge in [-0.15, -0.1) is 0 Å². The molecule has 0 fully saturated rings. The van der Waals surface area contributed by atoms with E-state index < -0.39 is 26.8 Å². The van der Waals surface area contributed by atoms with Crippen LogP contribution >= 0.6 is 0 Å². The molecule has 0 amide bonds. The fourth-order valence-corrected chi connectivity index (χ4v) is 4.11. The van der Waals surface area contributed by atoms with Crippen LogP contribution in [0.25, 0.3) is 0 Å². The second-order valence-corrected chi connectivity index (χ2v) is 7.89. The molecule has 0 aliphatic heterocycles. The number of aryl methyl sites for hydroxylation is 2. The topological polar surface area (TPSA) is 127 Å². The lowest BCUT2D eigenvalue weighted by molar-refractivity contribution is -0.385. The maximum atomic E-state index is 12.5. The van der Waals surface area contributed by atoms with Gasteiger partial charge in [0.2, 0.25) is 10.0 Å². The molecular weight excluding hydrogens is 336 g/mol. The number of non-ortho nitro benzene ring substituents is 1. The number of nitrogens with one attached hydrogen (secondary N) is 1. The van der Waals surface area contributed by atoms with E-state index in [1.807, 2.05) is 13.8 Å². The summed E-state index contributed by atoms with van der Waals surface area (Å²) >= 11 is 0. The van der Waals surface area contributed by atoms with Gasteiger partial charge in [-0.1, -0.05) is 13.8 Å². The molecule has 0 saturated carbocycles. The first-order valence-electron chi connectivity index (χ1n) is 7.43. The standard InChI is InChI=1S/C15H22N2O6S/c1-9(2)5-12(15(18)19)8-16-24(22,23)14-10(3)6-13(17(20)21)7-11(14)4/h6-7,9,12,16H,5,8H2,1-4H3,(H,18,19). The van der Waals surface area contributed by atoms with Crippen molar-refractivity contribution in [1.82, 2.24) is 4.72 Å². The van der Waals surface area contributed by atoms with Crippen LogP contribution in [-0.4, -0.2) is 31.0 Å². The van der Waals surface area contributed by atoms with Gasteiger partial charge >= 0.3 is 5.97 Å². The van der Waals surface area contributed by atoms with E-state index in [4.69, 9.17) is 0 Å². The van der Waals surface area contributed by atoms with Gasteiger partial charge in [-0.25, -0.2) is 13.1 Å². The summed E-state index contributed by atoms with van der Waals surface area (Å²) in [6, 6.07) is 2.37. The Morgan fingerprint density at radius 1 is 1.29 bits per heavy atom. The van der Waals surface area contributed by atoms with E-state index >= 15 is 0 Å². The van der Waals surface area contributed by atoms with Gasteiger partial charge in [-0.2, -0.15) is 0 Å². The highest BCUT2D eigenvalue weighted by atomic mass is 32.2. The van der Waals surface area contributed by atoms with Gasteiger partial charge in [0.25, 0.3) is 5.69 Å². The number of aliphatic carboxylic acids is 1. The van der Waals surface area contributed by atoms with E-state index in [1.54, 1.807) is 0 Å². The number of nitro benzene ring substituents is 1. The SMILES string of the molecule is Cc1cc([N+](=O)[O-])cc(C)c1S(=O)(=O)NCC(CC(C)C)C(=O)O. The van der Waals surface area contributed by atoms with E-state index in [2.05, 4.69) is 4.72 Å². The normalized spacial score (nSPS) is 13.0. The Balaban J connectivity index is 3.08. The van der Waals surface area contributed by atoms with Crippen LogP contribution in [0.4, 0.5) is 5.69 Å². The minimum Gasteiger partial charge on any atom is -0.481 e. The summed E-state index contributed by atoms with van der Waals surface area (Å²) in [6.07, 6.45) is 0.343. The number of hydrogen-bond acceptors (Lipinski definition) is 5. The van der Waals surface area contributed by atoms with Crippen LogP contribution in [0.3, 0.4) is 0 Å². The van der Waals surface area contributed by atoms with Crippen molar-refractivity contribution in [2.45, 2.75) is 39.0 Å². The van der Waals surface area contributed by atoms with Gasteiger partial charge in [0, 0.05) is 18.7 Å². The first-order chi connectivity index (χ1) is 11.0. The first-order valence-corrected chi connectivity index (χ1v) is 8.92. The summed E-state index contributed by atoms with van der Waals surface area (Å²) in [5, 5.41) is 20.0. The third kappa shape index (κ3) is 5.00. The molecule has 2 N–H and O–H groups in total. The first kappa shape index (κ1) is 20.0. The lowest BCUT2D eigenvalue weighted by atomic mass is 9.98. The predicted molar refractivity (Wildman–Crippen MR) is 88.3 cm³/mol. The van der Waals surface area contributed by atoms with Gasteiger partial charge in [0.05, 0.1) is 15.7 Å². The second-order valence-electron chi connectivity index (χ2n) is 6.18. The molecule has 0 aliphatic carbocycles. The van der Waals surface area contributed by atoms with Crippen molar-refractivity contribution in [1.29, 1.82) is 0 Å². The highest BCUT2D eigenvalue weighted by molar-refractivity contribution is 7.89. The van der Waals surface area contributed by atoms with Gasteiger partial charge in [0.15, 0.2) is 0 Å². The van der Waals surface area contributed by atoms with Crippen LogP contribution in [0.5, 0.6) is 0 Å². The Bertz CT molecular complexity index is 719. The molecule has 1 atom stereocenters. The molecule has 1 unspecified atom stereocenters. The molecule has 9 heteroatoms. The monoisotopic (exact) mass is 358 g/mol. The summed E-state index contributed by atoms with van der Waals surface area (Å²) in [4.78, 5) is 21.4. The second kappa shape index (κ2) is 7.71. The summed E-state index contributed by atoms with van der Waals surface area (Å²) < 4.78 is 27.3. The van der Waals surface area contributed by atoms with Crippen molar-refractivity contribution in [2.24, 2.45) is 11.8 Å². The van der Waals surface area contributed by atoms with Crippen LogP contribution in [0.2, 0.25) is 0 Å². The van der Waals surface area contributed by atoms with Crippen LogP contribution in [0.1, 0.15) is 31.4 Å². The number of rotatable bonds is 8. The van der Waals surface area contributed by atoms with Gasteiger partial charge in [0.1, 0.15) is 0 Å². The minimum atomic E-state index is -3.96. The summed E-state index contributed by atoms with van der Waals surface area (Å²) in [6.45, 7) is 6.42. The Hall–Kier alpha value is -2.00. The Labute approximate surface area is 141 Å². The van der Waals surface area contributed by atoms with Crippen LogP contribution < -0.4 is 4.72 Å². The van der Waals surface area contributed by atoms with Crippen molar-refractivity contribution in [3.63, 3.8) is 0 Å². The van der Waals surface area contributed by atoms with E-state index in [0.717, 1.165) is 0 Å². The number of carboxylic acids is 1. The third-order valence-electron chi connectivity index (χ3n) is 3.55. The molecule has 0 bridgehead atoms. The molecule has 0 aromatic heterocycles. The van der Waals surface area contributed by atoms with E-state index in [-0.39, 0.29) is 34.2 Å². The molecular formula is C15H22N2O6S. The highest BCUT2D eigenvalue weighted by Gasteiger charge is 2.26. The zero-order chi connectivity index (χ0) is 18.7. The molecule has 1 rings (SSSR count). The molecule has 8 nitrogen and oxygen atoms in total. The summed E-state index contributed by atoms with van der Waals surface area (Å²) in [7, 11) is -3.96. The molecule has 0 heterocycles. The summed E-state index contributed by atoms with van der Waals surface area (Å²) in [5.74, 6) is -1.79. The molecule has 24 heavy (non-hydrogen) atoms. The van der Waals surface area contributed by atoms with Crippen LogP contribution in [-0.2, 0) is 14.8 Å². The molecule has 134 valence electrons. The van der Waals surface area contributed by atoms with Crippen molar-refractivity contribution in [3.05, 3.63) is 33.4 Å². The lowest BCUT2D eigenvalue weighted by Gasteiger charge is -2.17. The highest BCUT2D eigenvalue weighted by Crippen LogP contribution is 2.25. The average molecular weight is 358 g/mol. The van der Waals surface area contributed by atoms with Crippen molar-refractivity contribution in [2.75, 3.05) is 6.54 Å². The average Bonchev–Trinajstić information content (AvgIpc) is 2.41. The number of carboxylic acid groups (broad SMARTS) is 1. The fraction of sp³-hybridized carbons (Fsp3) is 0.533. The van der Waals surface area contributed by atoms with Gasteiger partial charge in [-0.3, -0.25) is 14.9 Å². The third-order valence-corrected chi connectivity index (χ3v) is 5.28. The van der Waals surface area contributed by atoms with Crippen LogP contribution in [0, 0.1) is 35.8 Å². The number of nitro groups is 1. The molecule has 1 aromatic rings. The lowest BCUT2D eigenvalue weighted by Crippen LogP contribution is -2.34. The minimum absolute atomic E-state index is 0.0539. The Kier molecular flexibility index (Phi) is 6.44. The molecule has 0 spiro atoms. The molecule has 0 aliphatic rings. The predicted octanol–water partition coefficient (Wildman–Crippen LogP) is 2.24. The molecule has 1 aromatic carbocycles. The Morgan fingerprint density at radius 3 is 2.17 bits per heavy atom. The molecule has 0 radical (unpaired) electrons. The van der Waals surface area contributed by atoms with E-state index in [0.29, 0.717) is 6.42 Å². The van der Waals surface area contributed by atoms with Crippen molar-refractivity contribution < 1.29 is 23.2 Å². The number of carbonyl (C=O) groups is 1. The largest absolute Gasteiger partial charge is 0.481 e. The Morgan fingerprint density at radius 2 is 1.79 bits per heavy atom. The number of benzene rings is 1. The number of nitrogens with zero attached hydrogens (tertiary/aromatic N) is 1. The van der Waals surface area contributed by atoms with E-state index in [1.165, 1.54) is 26.0 Å². The van der Waals surface area contributed by atoms with Crippen molar-refractivity contribution >= 4 is 21.7 Å². The maximum absolute atomic E-state index is 12.5. The zero-order valence-electron chi connectivity index (χ0n) is 14.1. The number of sulfonamides is 1. The smallest absolute Gasteiger partial charge is 0.307 e.